The molecule has 1 aliphatic carbocycles. The Hall–Kier alpha value is -1.10. The molecule has 2 rings (SSSR count). The molecule has 2 amide bonds. The largest absolute Gasteiger partial charge is 0.349 e. The van der Waals surface area contributed by atoms with Gasteiger partial charge >= 0.3 is 0 Å². The van der Waals surface area contributed by atoms with Gasteiger partial charge in [0.15, 0.2) is 0 Å². The fourth-order valence-corrected chi connectivity index (χ4v) is 2.76. The van der Waals surface area contributed by atoms with E-state index in [2.05, 4.69) is 5.32 Å². The van der Waals surface area contributed by atoms with E-state index in [1.54, 1.807) is 19.0 Å². The van der Waals surface area contributed by atoms with Crippen LogP contribution in [0, 0.1) is 5.92 Å². The number of hydrogen-bond acceptors (Lipinski definition) is 3. The minimum Gasteiger partial charge on any atom is -0.349 e. The maximum Gasteiger partial charge on any atom is 0.222 e. The van der Waals surface area contributed by atoms with Crippen molar-refractivity contribution in [2.45, 2.75) is 51.0 Å². The Morgan fingerprint density at radius 1 is 1.10 bits per heavy atom. The summed E-state index contributed by atoms with van der Waals surface area (Å²) in [4.78, 5) is 27.1. The summed E-state index contributed by atoms with van der Waals surface area (Å²) in [7, 11) is 3.51. The SMILES string of the molecule is CN(C)C(=O)CCCC(=O)N1CCC(NCC2CC2)CC1. The fourth-order valence-electron chi connectivity index (χ4n) is 2.76. The molecule has 0 bridgehead atoms. The second-order valence-corrected chi connectivity index (χ2v) is 6.65. The molecule has 2 aliphatic rings. The molecule has 0 unspecified atom stereocenters. The van der Waals surface area contributed by atoms with Gasteiger partial charge in [-0.05, 0) is 44.6 Å². The predicted molar refractivity (Wildman–Crippen MR) is 82.9 cm³/mol. The number of carbonyl (C=O) groups excluding carboxylic acids is 2. The van der Waals surface area contributed by atoms with Crippen molar-refractivity contribution in [2.24, 2.45) is 5.92 Å². The molecule has 5 nitrogen and oxygen atoms in total. The van der Waals surface area contributed by atoms with Crippen molar-refractivity contribution in [1.29, 1.82) is 0 Å². The van der Waals surface area contributed by atoms with E-state index in [0.717, 1.165) is 38.4 Å². The van der Waals surface area contributed by atoms with E-state index in [-0.39, 0.29) is 11.8 Å². The highest BCUT2D eigenvalue weighted by Crippen LogP contribution is 2.28. The zero-order chi connectivity index (χ0) is 15.2. The maximum absolute atomic E-state index is 12.1. The van der Waals surface area contributed by atoms with Crippen LogP contribution < -0.4 is 5.32 Å². The van der Waals surface area contributed by atoms with Crippen LogP contribution in [-0.4, -0.2) is 61.4 Å². The minimum absolute atomic E-state index is 0.103. The Kier molecular flexibility index (Phi) is 6.03. The van der Waals surface area contributed by atoms with Gasteiger partial charge in [-0.25, -0.2) is 0 Å². The minimum atomic E-state index is 0.103. The van der Waals surface area contributed by atoms with Crippen LogP contribution in [0.2, 0.25) is 0 Å². The van der Waals surface area contributed by atoms with Crippen molar-refractivity contribution in [3.63, 3.8) is 0 Å². The zero-order valence-electron chi connectivity index (χ0n) is 13.4. The van der Waals surface area contributed by atoms with Gasteiger partial charge in [0.25, 0.3) is 0 Å². The summed E-state index contributed by atoms with van der Waals surface area (Å²) >= 11 is 0. The molecular weight excluding hydrogens is 266 g/mol. The van der Waals surface area contributed by atoms with E-state index >= 15 is 0 Å². The Morgan fingerprint density at radius 2 is 1.76 bits per heavy atom. The number of likely N-dealkylation sites (tertiary alicyclic amines) is 1. The van der Waals surface area contributed by atoms with Crippen LogP contribution in [-0.2, 0) is 9.59 Å². The van der Waals surface area contributed by atoms with Crippen LogP contribution in [0.5, 0.6) is 0 Å². The summed E-state index contributed by atoms with van der Waals surface area (Å²) in [6.07, 6.45) is 6.53. The molecule has 21 heavy (non-hydrogen) atoms. The van der Waals surface area contributed by atoms with Gasteiger partial charge in [-0.15, -0.1) is 0 Å². The molecule has 0 atom stereocenters. The van der Waals surface area contributed by atoms with E-state index in [0.29, 0.717) is 25.3 Å². The summed E-state index contributed by atoms with van der Waals surface area (Å²) in [6.45, 7) is 2.89. The highest BCUT2D eigenvalue weighted by Gasteiger charge is 2.25. The third-order valence-corrected chi connectivity index (χ3v) is 4.52. The van der Waals surface area contributed by atoms with Crippen molar-refractivity contribution < 1.29 is 9.59 Å². The molecule has 0 aromatic carbocycles. The first-order chi connectivity index (χ1) is 10.1. The first kappa shape index (κ1) is 16.3. The Labute approximate surface area is 128 Å². The molecule has 5 heteroatoms. The average molecular weight is 295 g/mol. The Balaban J connectivity index is 1.57. The highest BCUT2D eigenvalue weighted by molar-refractivity contribution is 5.78. The molecule has 0 aromatic rings. The second kappa shape index (κ2) is 7.78. The topological polar surface area (TPSA) is 52.7 Å². The standard InChI is InChI=1S/C16H29N3O2/c1-18(2)15(20)4-3-5-16(21)19-10-8-14(9-11-19)17-12-13-6-7-13/h13-14,17H,3-12H2,1-2H3. The first-order valence-corrected chi connectivity index (χ1v) is 8.27. The van der Waals surface area contributed by atoms with Gasteiger partial charge in [-0.3, -0.25) is 9.59 Å². The van der Waals surface area contributed by atoms with Gasteiger partial charge in [-0.1, -0.05) is 0 Å². The van der Waals surface area contributed by atoms with Crippen LogP contribution in [0.15, 0.2) is 0 Å². The summed E-state index contributed by atoms with van der Waals surface area (Å²) in [5.74, 6) is 1.23. The number of nitrogens with zero attached hydrogens (tertiary/aromatic N) is 2. The van der Waals surface area contributed by atoms with Gasteiger partial charge in [0, 0.05) is 46.1 Å². The lowest BCUT2D eigenvalue weighted by molar-refractivity contribution is -0.132. The van der Waals surface area contributed by atoms with Crippen LogP contribution in [0.1, 0.15) is 44.9 Å². The van der Waals surface area contributed by atoms with Crippen LogP contribution in [0.3, 0.4) is 0 Å². The number of piperidine rings is 1. The molecule has 1 heterocycles. The van der Waals surface area contributed by atoms with Gasteiger partial charge in [-0.2, -0.15) is 0 Å². The lowest BCUT2D eigenvalue weighted by Gasteiger charge is -2.32. The van der Waals surface area contributed by atoms with Gasteiger partial charge < -0.3 is 15.1 Å². The second-order valence-electron chi connectivity index (χ2n) is 6.65. The van der Waals surface area contributed by atoms with Crippen molar-refractivity contribution in [2.75, 3.05) is 33.7 Å². The quantitative estimate of drug-likeness (QED) is 0.769. The predicted octanol–water partition coefficient (Wildman–Crippen LogP) is 1.24. The van der Waals surface area contributed by atoms with Gasteiger partial charge in [0.2, 0.25) is 11.8 Å². The van der Waals surface area contributed by atoms with E-state index in [4.69, 9.17) is 0 Å². The van der Waals surface area contributed by atoms with E-state index < -0.39 is 0 Å². The van der Waals surface area contributed by atoms with E-state index in [9.17, 15) is 9.59 Å². The van der Waals surface area contributed by atoms with E-state index in [1.807, 2.05) is 4.90 Å². The van der Waals surface area contributed by atoms with Gasteiger partial charge in [0.05, 0.1) is 0 Å². The van der Waals surface area contributed by atoms with Crippen molar-refractivity contribution >= 4 is 11.8 Å². The normalized spacial score (nSPS) is 19.6. The monoisotopic (exact) mass is 295 g/mol. The molecule has 1 aliphatic heterocycles. The lowest BCUT2D eigenvalue weighted by Crippen LogP contribution is -2.45. The number of hydrogen-bond donors (Lipinski definition) is 1. The zero-order valence-corrected chi connectivity index (χ0v) is 13.4. The number of amides is 2. The Morgan fingerprint density at radius 3 is 2.33 bits per heavy atom. The molecule has 1 saturated carbocycles. The molecular formula is C16H29N3O2. The third-order valence-electron chi connectivity index (χ3n) is 4.52. The third kappa shape index (κ3) is 5.65. The number of carbonyl (C=O) groups is 2. The van der Waals surface area contributed by atoms with Crippen LogP contribution in [0.25, 0.3) is 0 Å². The summed E-state index contributed by atoms with van der Waals surface area (Å²) in [5, 5.41) is 3.63. The number of nitrogens with one attached hydrogen (secondary N) is 1. The first-order valence-electron chi connectivity index (χ1n) is 8.27. The molecule has 0 radical (unpaired) electrons. The maximum atomic E-state index is 12.1. The smallest absolute Gasteiger partial charge is 0.222 e. The molecule has 0 spiro atoms. The molecule has 1 saturated heterocycles. The summed E-state index contributed by atoms with van der Waals surface area (Å²) < 4.78 is 0. The molecule has 0 aromatic heterocycles. The molecule has 1 N–H and O–H groups in total. The highest BCUT2D eigenvalue weighted by atomic mass is 16.2. The van der Waals surface area contributed by atoms with Gasteiger partial charge in [0.1, 0.15) is 0 Å². The average Bonchev–Trinajstić information content (AvgIpc) is 3.29. The van der Waals surface area contributed by atoms with E-state index in [1.165, 1.54) is 12.8 Å². The molecule has 120 valence electrons. The Bertz CT molecular complexity index is 359. The fraction of sp³-hybridized carbons (Fsp3) is 0.875. The van der Waals surface area contributed by atoms with Crippen molar-refractivity contribution in [3.05, 3.63) is 0 Å². The summed E-state index contributed by atoms with van der Waals surface area (Å²) in [6, 6.07) is 0.588. The van der Waals surface area contributed by atoms with Crippen LogP contribution >= 0.6 is 0 Å². The summed E-state index contributed by atoms with van der Waals surface area (Å²) in [5.41, 5.74) is 0. The lowest BCUT2D eigenvalue weighted by atomic mass is 10.0. The molecule has 2 fully saturated rings. The van der Waals surface area contributed by atoms with Crippen molar-refractivity contribution in [1.82, 2.24) is 15.1 Å². The number of rotatable bonds is 7. The van der Waals surface area contributed by atoms with Crippen LogP contribution in [0.4, 0.5) is 0 Å². The van der Waals surface area contributed by atoms with Crippen molar-refractivity contribution in [3.8, 4) is 0 Å².